The average Bonchev–Trinajstić information content (AvgIpc) is 3.26. The second-order valence-electron chi connectivity index (χ2n) is 6.88. The first-order valence-corrected chi connectivity index (χ1v) is 9.85. The summed E-state index contributed by atoms with van der Waals surface area (Å²) in [6.45, 7) is 1.42. The molecule has 32 heavy (non-hydrogen) atoms. The number of methoxy groups -OCH3 is 1. The summed E-state index contributed by atoms with van der Waals surface area (Å²) in [5.41, 5.74) is 2.50. The van der Waals surface area contributed by atoms with E-state index in [2.05, 4.69) is 15.6 Å². The average molecular weight is 437 g/mol. The Hall–Kier alpha value is -4.14. The van der Waals surface area contributed by atoms with Gasteiger partial charge in [0.2, 0.25) is 0 Å². The lowest BCUT2D eigenvalue weighted by Crippen LogP contribution is -2.37. The Labute approximate surface area is 184 Å². The SMILES string of the molecule is COc1ccc(NC(=O)NC(=O)COC(=O)CCc2ncc(-c3ccc(C)cc3)o2)cc1. The molecule has 1 aromatic heterocycles. The summed E-state index contributed by atoms with van der Waals surface area (Å²) in [5, 5.41) is 4.57. The molecule has 0 bridgehead atoms. The van der Waals surface area contributed by atoms with Crippen LogP contribution >= 0.6 is 0 Å². The third kappa shape index (κ3) is 6.69. The normalized spacial score (nSPS) is 10.3. The Morgan fingerprint density at radius 1 is 1.03 bits per heavy atom. The van der Waals surface area contributed by atoms with Crippen LogP contribution in [0.4, 0.5) is 10.5 Å². The molecular formula is C23H23N3O6. The van der Waals surface area contributed by atoms with Gasteiger partial charge >= 0.3 is 12.0 Å². The molecule has 0 aliphatic heterocycles. The molecule has 3 amide bonds. The van der Waals surface area contributed by atoms with E-state index in [1.807, 2.05) is 31.2 Å². The molecule has 3 aromatic rings. The molecule has 0 unspecified atom stereocenters. The molecule has 0 atom stereocenters. The van der Waals surface area contributed by atoms with Crippen LogP contribution in [-0.2, 0) is 20.7 Å². The molecular weight excluding hydrogens is 414 g/mol. The molecule has 3 rings (SSSR count). The predicted molar refractivity (Wildman–Crippen MR) is 116 cm³/mol. The lowest BCUT2D eigenvalue weighted by Gasteiger charge is -2.08. The molecule has 9 nitrogen and oxygen atoms in total. The van der Waals surface area contributed by atoms with Gasteiger partial charge in [0.1, 0.15) is 5.75 Å². The third-order valence-electron chi connectivity index (χ3n) is 4.40. The van der Waals surface area contributed by atoms with Crippen molar-refractivity contribution >= 4 is 23.6 Å². The zero-order valence-corrected chi connectivity index (χ0v) is 17.7. The fourth-order valence-electron chi connectivity index (χ4n) is 2.70. The number of carbonyl (C=O) groups is 3. The fourth-order valence-corrected chi connectivity index (χ4v) is 2.70. The molecule has 2 aromatic carbocycles. The van der Waals surface area contributed by atoms with Crippen LogP contribution < -0.4 is 15.4 Å². The molecule has 0 radical (unpaired) electrons. The van der Waals surface area contributed by atoms with Crippen molar-refractivity contribution in [3.05, 3.63) is 66.2 Å². The van der Waals surface area contributed by atoms with Crippen LogP contribution in [0.3, 0.4) is 0 Å². The zero-order valence-electron chi connectivity index (χ0n) is 17.7. The number of nitrogens with one attached hydrogen (secondary N) is 2. The number of imide groups is 1. The highest BCUT2D eigenvalue weighted by Gasteiger charge is 2.13. The molecule has 2 N–H and O–H groups in total. The van der Waals surface area contributed by atoms with Gasteiger partial charge in [-0.05, 0) is 31.2 Å². The number of carbonyl (C=O) groups excluding carboxylic acids is 3. The topological polar surface area (TPSA) is 120 Å². The van der Waals surface area contributed by atoms with Gasteiger partial charge in [-0.3, -0.25) is 14.9 Å². The first kappa shape index (κ1) is 22.5. The van der Waals surface area contributed by atoms with E-state index in [9.17, 15) is 14.4 Å². The fraction of sp³-hybridized carbons (Fsp3) is 0.217. The number of oxazole rings is 1. The minimum Gasteiger partial charge on any atom is -0.497 e. The molecule has 0 saturated heterocycles. The number of anilines is 1. The highest BCUT2D eigenvalue weighted by atomic mass is 16.5. The minimum absolute atomic E-state index is 0.0147. The van der Waals surface area contributed by atoms with Gasteiger partial charge < -0.3 is 19.2 Å². The zero-order chi connectivity index (χ0) is 22.9. The van der Waals surface area contributed by atoms with Gasteiger partial charge in [0.05, 0.1) is 19.7 Å². The van der Waals surface area contributed by atoms with E-state index in [4.69, 9.17) is 13.9 Å². The number of hydrogen-bond donors (Lipinski definition) is 2. The predicted octanol–water partition coefficient (Wildman–Crippen LogP) is 3.48. The van der Waals surface area contributed by atoms with Gasteiger partial charge in [-0.2, -0.15) is 0 Å². The van der Waals surface area contributed by atoms with Crippen LogP contribution in [0.15, 0.2) is 59.1 Å². The summed E-state index contributed by atoms with van der Waals surface area (Å²) in [6.07, 6.45) is 1.81. The van der Waals surface area contributed by atoms with Crippen molar-refractivity contribution in [1.82, 2.24) is 10.3 Å². The Kier molecular flexibility index (Phi) is 7.58. The maximum atomic E-state index is 11.9. The van der Waals surface area contributed by atoms with Gasteiger partial charge in [0, 0.05) is 17.7 Å². The standard InChI is InChI=1S/C23H23N3O6/c1-15-3-5-16(6-4-15)19-13-24-21(32-19)11-12-22(28)31-14-20(27)26-23(29)25-17-7-9-18(30-2)10-8-17/h3-10,13H,11-12,14H2,1-2H3,(H2,25,26,27,29). The van der Waals surface area contributed by atoms with Gasteiger partial charge in [-0.25, -0.2) is 9.78 Å². The smallest absolute Gasteiger partial charge is 0.325 e. The van der Waals surface area contributed by atoms with Crippen molar-refractivity contribution in [3.8, 4) is 17.1 Å². The molecule has 1 heterocycles. The van der Waals surface area contributed by atoms with Crippen LogP contribution in [0.2, 0.25) is 0 Å². The van der Waals surface area contributed by atoms with E-state index in [1.165, 1.54) is 7.11 Å². The molecule has 0 aliphatic rings. The van der Waals surface area contributed by atoms with Crippen LogP contribution in [0.25, 0.3) is 11.3 Å². The summed E-state index contributed by atoms with van der Waals surface area (Å²) >= 11 is 0. The van der Waals surface area contributed by atoms with Crippen LogP contribution in [0.1, 0.15) is 17.9 Å². The second-order valence-corrected chi connectivity index (χ2v) is 6.88. The van der Waals surface area contributed by atoms with Crippen LogP contribution in [-0.4, -0.2) is 36.6 Å². The van der Waals surface area contributed by atoms with Gasteiger partial charge in [-0.1, -0.05) is 29.8 Å². The van der Waals surface area contributed by atoms with Crippen LogP contribution in [0, 0.1) is 6.92 Å². The van der Waals surface area contributed by atoms with Gasteiger partial charge in [0.25, 0.3) is 5.91 Å². The largest absolute Gasteiger partial charge is 0.497 e. The number of aryl methyl sites for hydroxylation is 2. The molecule has 9 heteroatoms. The quantitative estimate of drug-likeness (QED) is 0.518. The Balaban J connectivity index is 1.37. The first-order valence-electron chi connectivity index (χ1n) is 9.85. The van der Waals surface area contributed by atoms with Gasteiger partial charge in [-0.15, -0.1) is 0 Å². The van der Waals surface area contributed by atoms with E-state index in [0.717, 1.165) is 11.1 Å². The Morgan fingerprint density at radius 2 is 1.75 bits per heavy atom. The van der Waals surface area contributed by atoms with Crippen molar-refractivity contribution in [1.29, 1.82) is 0 Å². The molecule has 166 valence electrons. The minimum atomic E-state index is -0.748. The molecule has 0 spiro atoms. The van der Waals surface area contributed by atoms with E-state index in [1.54, 1.807) is 30.5 Å². The number of benzene rings is 2. The summed E-state index contributed by atoms with van der Waals surface area (Å²) in [6, 6.07) is 13.6. The van der Waals surface area contributed by atoms with E-state index in [0.29, 0.717) is 23.1 Å². The van der Waals surface area contributed by atoms with Crippen molar-refractivity contribution in [3.63, 3.8) is 0 Å². The first-order chi connectivity index (χ1) is 15.4. The number of rotatable bonds is 8. The number of nitrogens with zero attached hydrogens (tertiary/aromatic N) is 1. The highest BCUT2D eigenvalue weighted by Crippen LogP contribution is 2.21. The summed E-state index contributed by atoms with van der Waals surface area (Å²) < 4.78 is 15.6. The van der Waals surface area contributed by atoms with Crippen molar-refractivity contribution in [2.75, 3.05) is 19.0 Å². The van der Waals surface area contributed by atoms with Crippen molar-refractivity contribution in [2.45, 2.75) is 19.8 Å². The second kappa shape index (κ2) is 10.8. The molecule has 0 fully saturated rings. The molecule has 0 saturated carbocycles. The number of urea groups is 1. The van der Waals surface area contributed by atoms with Gasteiger partial charge in [0.15, 0.2) is 18.3 Å². The van der Waals surface area contributed by atoms with Crippen LogP contribution in [0.5, 0.6) is 5.75 Å². The number of esters is 1. The monoisotopic (exact) mass is 437 g/mol. The highest BCUT2D eigenvalue weighted by molar-refractivity contribution is 6.01. The van der Waals surface area contributed by atoms with Crippen molar-refractivity contribution < 1.29 is 28.3 Å². The number of ether oxygens (including phenoxy) is 2. The number of amides is 3. The Morgan fingerprint density at radius 3 is 2.44 bits per heavy atom. The lowest BCUT2D eigenvalue weighted by molar-refractivity contribution is -0.148. The maximum Gasteiger partial charge on any atom is 0.325 e. The van der Waals surface area contributed by atoms with Crippen molar-refractivity contribution in [2.24, 2.45) is 0 Å². The van der Waals surface area contributed by atoms with E-state index >= 15 is 0 Å². The summed E-state index contributed by atoms with van der Waals surface area (Å²) in [5.74, 6) is 0.277. The molecule has 0 aliphatic carbocycles. The lowest BCUT2D eigenvalue weighted by atomic mass is 10.1. The third-order valence-corrected chi connectivity index (χ3v) is 4.40. The van der Waals surface area contributed by atoms with E-state index < -0.39 is 24.5 Å². The summed E-state index contributed by atoms with van der Waals surface area (Å²) in [7, 11) is 1.53. The van der Waals surface area contributed by atoms with E-state index in [-0.39, 0.29) is 12.8 Å². The number of aromatic nitrogens is 1. The Bertz CT molecular complexity index is 1070. The maximum absolute atomic E-state index is 11.9. The summed E-state index contributed by atoms with van der Waals surface area (Å²) in [4.78, 5) is 39.7. The number of hydrogen-bond acceptors (Lipinski definition) is 7.